The minimum absolute atomic E-state index is 0.158. The lowest BCUT2D eigenvalue weighted by atomic mass is 9.80. The first-order valence-corrected chi connectivity index (χ1v) is 9.28. The molecule has 1 unspecified atom stereocenters. The largest absolute Gasteiger partial charge is 0.488 e. The molecule has 1 aromatic carbocycles. The summed E-state index contributed by atoms with van der Waals surface area (Å²) in [5.41, 5.74) is 0.954. The summed E-state index contributed by atoms with van der Waals surface area (Å²) in [5.74, 6) is 0. The van der Waals surface area contributed by atoms with E-state index in [-0.39, 0.29) is 12.1 Å². The Bertz CT molecular complexity index is 570. The van der Waals surface area contributed by atoms with E-state index in [4.69, 9.17) is 19.5 Å². The van der Waals surface area contributed by atoms with Crippen LogP contribution in [-0.2, 0) is 16.1 Å². The topological polar surface area (TPSA) is 79.2 Å². The van der Waals surface area contributed by atoms with Crippen LogP contribution in [0.25, 0.3) is 0 Å². The number of carbonyl (C=O) groups excluding carboxylic acids is 1. The van der Waals surface area contributed by atoms with E-state index in [1.54, 1.807) is 12.1 Å². The number of hydrogen-bond acceptors (Lipinski definition) is 5. The lowest BCUT2D eigenvalue weighted by Crippen LogP contribution is -2.46. The highest BCUT2D eigenvalue weighted by molar-refractivity contribution is 6.58. The molecule has 1 atom stereocenters. The van der Waals surface area contributed by atoms with Crippen LogP contribution in [0.5, 0.6) is 0 Å². The van der Waals surface area contributed by atoms with Crippen LogP contribution in [0.1, 0.15) is 52.0 Å². The van der Waals surface area contributed by atoms with Crippen molar-refractivity contribution in [3.05, 3.63) is 29.8 Å². The first-order chi connectivity index (χ1) is 12.3. The Balaban J connectivity index is 1.78. The second-order valence-corrected chi connectivity index (χ2v) is 7.78. The average molecular weight is 363 g/mol. The summed E-state index contributed by atoms with van der Waals surface area (Å²) in [5, 5.41) is 18.2. The van der Waals surface area contributed by atoms with E-state index in [1.807, 2.05) is 37.8 Å². The fourth-order valence-corrected chi connectivity index (χ4v) is 3.06. The molecule has 1 amide bonds. The van der Waals surface area contributed by atoms with Gasteiger partial charge >= 0.3 is 13.2 Å². The Morgan fingerprint density at radius 3 is 2.54 bits per heavy atom. The maximum atomic E-state index is 12.4. The van der Waals surface area contributed by atoms with Crippen LogP contribution >= 0.6 is 0 Å². The zero-order valence-corrected chi connectivity index (χ0v) is 16.0. The molecule has 0 aromatic heterocycles. The Morgan fingerprint density at radius 1 is 1.23 bits per heavy atom. The number of hydrogen-bond donors (Lipinski definition) is 2. The summed E-state index contributed by atoms with van der Waals surface area (Å²) < 4.78 is 11.3. The van der Waals surface area contributed by atoms with Crippen molar-refractivity contribution in [2.45, 2.75) is 64.7 Å². The van der Waals surface area contributed by atoms with E-state index in [9.17, 15) is 4.79 Å². The van der Waals surface area contributed by atoms with Gasteiger partial charge in [0.15, 0.2) is 0 Å². The third-order valence-electron chi connectivity index (χ3n) is 4.40. The molecule has 1 aliphatic rings. The molecule has 1 aromatic rings. The lowest BCUT2D eigenvalue weighted by Gasteiger charge is -2.36. The molecule has 0 spiro atoms. The summed E-state index contributed by atoms with van der Waals surface area (Å²) >= 11 is 0. The molecule has 0 aliphatic carbocycles. The zero-order chi connectivity index (χ0) is 19.2. The van der Waals surface area contributed by atoms with E-state index in [1.165, 1.54) is 0 Å². The summed E-state index contributed by atoms with van der Waals surface area (Å²) in [6.45, 7) is 7.41. The molecule has 2 rings (SSSR count). The molecule has 7 heteroatoms. The van der Waals surface area contributed by atoms with Gasteiger partial charge in [0.2, 0.25) is 0 Å². The molecule has 1 aliphatic heterocycles. The monoisotopic (exact) mass is 363 g/mol. The van der Waals surface area contributed by atoms with Crippen LogP contribution in [0.2, 0.25) is 0 Å². The molecule has 6 nitrogen and oxygen atoms in total. The van der Waals surface area contributed by atoms with Gasteiger partial charge in [-0.1, -0.05) is 24.3 Å². The van der Waals surface area contributed by atoms with Crippen molar-refractivity contribution < 1.29 is 24.3 Å². The second kappa shape index (κ2) is 9.39. The minimum atomic E-state index is -1.45. The molecule has 0 bridgehead atoms. The van der Waals surface area contributed by atoms with Crippen molar-refractivity contribution >= 4 is 18.7 Å². The second-order valence-electron chi connectivity index (χ2n) is 7.78. The molecule has 0 radical (unpaired) electrons. The number of nitrogens with zero attached hydrogens (tertiary/aromatic N) is 1. The normalized spacial score (nSPS) is 17.9. The highest BCUT2D eigenvalue weighted by Crippen LogP contribution is 2.22. The summed E-state index contributed by atoms with van der Waals surface area (Å²) in [7, 11) is -1.45. The summed E-state index contributed by atoms with van der Waals surface area (Å²) in [6.07, 6.45) is 3.66. The first kappa shape index (κ1) is 20.7. The molecule has 2 N–H and O–H groups in total. The van der Waals surface area contributed by atoms with E-state index in [0.717, 1.165) is 37.8 Å². The van der Waals surface area contributed by atoms with Gasteiger partial charge in [0.05, 0.1) is 6.61 Å². The molecule has 1 saturated heterocycles. The van der Waals surface area contributed by atoms with Crippen molar-refractivity contribution in [1.82, 2.24) is 4.90 Å². The van der Waals surface area contributed by atoms with Gasteiger partial charge in [0, 0.05) is 19.2 Å². The van der Waals surface area contributed by atoms with E-state index in [2.05, 4.69) is 0 Å². The van der Waals surface area contributed by atoms with Crippen molar-refractivity contribution in [3.8, 4) is 0 Å². The standard InChI is InChI=1S/C19H30BNO5/c1-19(2,3)26-18(22)21-12-5-4-6-17(21)11-13-25-14-15-7-9-16(10-8-15)20(23)24/h7-10,17,23-24H,4-6,11-14H2,1-3H3. The van der Waals surface area contributed by atoms with Crippen molar-refractivity contribution in [2.24, 2.45) is 0 Å². The Kier molecular flexibility index (Phi) is 7.49. The number of carbonyl (C=O) groups is 1. The Labute approximate surface area is 156 Å². The number of likely N-dealkylation sites (tertiary alicyclic amines) is 1. The Morgan fingerprint density at radius 2 is 1.92 bits per heavy atom. The third-order valence-corrected chi connectivity index (χ3v) is 4.40. The SMILES string of the molecule is CC(C)(C)OC(=O)N1CCCCC1CCOCc1ccc(B(O)O)cc1. The van der Waals surface area contributed by atoms with Crippen LogP contribution in [-0.4, -0.2) is 53.0 Å². The predicted molar refractivity (Wildman–Crippen MR) is 101 cm³/mol. The van der Waals surface area contributed by atoms with Gasteiger partial charge in [-0.15, -0.1) is 0 Å². The molecular formula is C19H30BNO5. The Hall–Kier alpha value is -1.57. The fraction of sp³-hybridized carbons (Fsp3) is 0.632. The number of ether oxygens (including phenoxy) is 2. The number of piperidine rings is 1. The highest BCUT2D eigenvalue weighted by atomic mass is 16.6. The van der Waals surface area contributed by atoms with E-state index >= 15 is 0 Å². The molecule has 0 saturated carbocycles. The van der Waals surface area contributed by atoms with E-state index in [0.29, 0.717) is 18.7 Å². The zero-order valence-electron chi connectivity index (χ0n) is 16.0. The van der Waals surface area contributed by atoms with Crippen molar-refractivity contribution in [1.29, 1.82) is 0 Å². The molecule has 144 valence electrons. The molecular weight excluding hydrogens is 333 g/mol. The van der Waals surface area contributed by atoms with Gasteiger partial charge in [-0.25, -0.2) is 4.79 Å². The predicted octanol–water partition coefficient (Wildman–Crippen LogP) is 2.06. The smallest absolute Gasteiger partial charge is 0.444 e. The van der Waals surface area contributed by atoms with Crippen LogP contribution < -0.4 is 5.46 Å². The van der Waals surface area contributed by atoms with Crippen molar-refractivity contribution in [2.75, 3.05) is 13.2 Å². The van der Waals surface area contributed by atoms with Crippen LogP contribution in [0.3, 0.4) is 0 Å². The number of rotatable bonds is 6. The minimum Gasteiger partial charge on any atom is -0.444 e. The lowest BCUT2D eigenvalue weighted by molar-refractivity contribution is 0.00378. The molecule has 1 heterocycles. The van der Waals surface area contributed by atoms with Crippen LogP contribution in [0, 0.1) is 0 Å². The summed E-state index contributed by atoms with van der Waals surface area (Å²) in [6, 6.07) is 7.15. The molecule has 1 fully saturated rings. The van der Waals surface area contributed by atoms with E-state index < -0.39 is 12.7 Å². The first-order valence-electron chi connectivity index (χ1n) is 9.28. The fourth-order valence-electron chi connectivity index (χ4n) is 3.06. The van der Waals surface area contributed by atoms with Crippen LogP contribution in [0.15, 0.2) is 24.3 Å². The van der Waals surface area contributed by atoms with Gasteiger partial charge in [-0.3, -0.25) is 0 Å². The summed E-state index contributed by atoms with van der Waals surface area (Å²) in [4.78, 5) is 14.2. The van der Waals surface area contributed by atoms with Gasteiger partial charge < -0.3 is 24.4 Å². The maximum absolute atomic E-state index is 12.4. The van der Waals surface area contributed by atoms with Gasteiger partial charge in [0.25, 0.3) is 0 Å². The highest BCUT2D eigenvalue weighted by Gasteiger charge is 2.30. The van der Waals surface area contributed by atoms with Gasteiger partial charge in [0.1, 0.15) is 5.60 Å². The molecule has 26 heavy (non-hydrogen) atoms. The average Bonchev–Trinajstić information content (AvgIpc) is 2.58. The third kappa shape index (κ3) is 6.63. The number of amides is 1. The van der Waals surface area contributed by atoms with Gasteiger partial charge in [-0.2, -0.15) is 0 Å². The van der Waals surface area contributed by atoms with Gasteiger partial charge in [-0.05, 0) is 57.5 Å². The quantitative estimate of drug-likeness (QED) is 0.598. The maximum Gasteiger partial charge on any atom is 0.488 e. The van der Waals surface area contributed by atoms with Crippen LogP contribution in [0.4, 0.5) is 4.79 Å². The van der Waals surface area contributed by atoms with Crippen molar-refractivity contribution in [3.63, 3.8) is 0 Å². The number of benzene rings is 1.